The maximum Gasteiger partial charge on any atom is 0.262 e. The van der Waals surface area contributed by atoms with Crippen LogP contribution in [0.2, 0.25) is 0 Å². The van der Waals surface area contributed by atoms with Gasteiger partial charge in [0.15, 0.2) is 11.0 Å². The van der Waals surface area contributed by atoms with Crippen molar-refractivity contribution in [1.82, 2.24) is 29.8 Å². The van der Waals surface area contributed by atoms with E-state index >= 15 is 0 Å². The molecular formula is C25H22N6OS. The molecule has 33 heavy (non-hydrogen) atoms. The first-order valence-electron chi connectivity index (χ1n) is 10.8. The molecule has 0 saturated carbocycles. The lowest BCUT2D eigenvalue weighted by atomic mass is 10.1. The molecule has 5 aromatic rings. The molecular weight excluding hydrogens is 432 g/mol. The fourth-order valence-corrected chi connectivity index (χ4v) is 4.67. The topological polar surface area (TPSA) is 78.5 Å². The van der Waals surface area contributed by atoms with Crippen LogP contribution in [0, 0.1) is 0 Å². The van der Waals surface area contributed by atoms with Crippen LogP contribution in [0.3, 0.4) is 0 Å². The second-order valence-electron chi connectivity index (χ2n) is 7.59. The lowest BCUT2D eigenvalue weighted by Gasteiger charge is -2.13. The first-order valence-corrected chi connectivity index (χ1v) is 11.8. The fourth-order valence-electron chi connectivity index (χ4n) is 3.74. The van der Waals surface area contributed by atoms with Crippen LogP contribution in [0.4, 0.5) is 0 Å². The second kappa shape index (κ2) is 9.79. The number of fused-ring (bicyclic) bond motifs is 1. The van der Waals surface area contributed by atoms with Crippen LogP contribution in [-0.4, -0.2) is 29.8 Å². The SMILES string of the molecule is O=c1c2ccccc2nc(SCc2nnnn2-c2ccccc2)n1CCCc1ccccc1. The number of nitrogens with zero attached hydrogens (tertiary/aromatic N) is 6. The Hall–Kier alpha value is -3.78. The van der Waals surface area contributed by atoms with E-state index in [-0.39, 0.29) is 5.56 Å². The van der Waals surface area contributed by atoms with Gasteiger partial charge in [0.1, 0.15) is 0 Å². The zero-order valence-electron chi connectivity index (χ0n) is 17.9. The lowest BCUT2D eigenvalue weighted by molar-refractivity contribution is 0.563. The molecule has 0 spiro atoms. The van der Waals surface area contributed by atoms with E-state index in [1.54, 1.807) is 9.25 Å². The summed E-state index contributed by atoms with van der Waals surface area (Å²) in [5, 5.41) is 13.5. The largest absolute Gasteiger partial charge is 0.287 e. The highest BCUT2D eigenvalue weighted by atomic mass is 32.2. The normalized spacial score (nSPS) is 11.2. The van der Waals surface area contributed by atoms with Crippen molar-refractivity contribution in [2.24, 2.45) is 0 Å². The van der Waals surface area contributed by atoms with Gasteiger partial charge in [0.2, 0.25) is 0 Å². The molecule has 8 heteroatoms. The number of para-hydroxylation sites is 2. The molecule has 3 aromatic carbocycles. The van der Waals surface area contributed by atoms with E-state index in [2.05, 4.69) is 27.7 Å². The van der Waals surface area contributed by atoms with Crippen molar-refractivity contribution in [2.45, 2.75) is 30.3 Å². The molecule has 5 rings (SSSR count). The minimum absolute atomic E-state index is 0.0150. The number of tetrazole rings is 1. The van der Waals surface area contributed by atoms with Gasteiger partial charge < -0.3 is 0 Å². The monoisotopic (exact) mass is 454 g/mol. The quantitative estimate of drug-likeness (QED) is 0.257. The highest BCUT2D eigenvalue weighted by Gasteiger charge is 2.14. The minimum Gasteiger partial charge on any atom is -0.287 e. The standard InChI is InChI=1S/C25H22N6OS/c32-24-21-15-7-8-16-22(21)26-25(30(24)17-9-12-19-10-3-1-4-11-19)33-18-23-27-28-29-31(23)20-13-5-2-6-14-20/h1-8,10-11,13-16H,9,12,17-18H2. The van der Waals surface area contributed by atoms with E-state index in [0.717, 1.165) is 18.5 Å². The van der Waals surface area contributed by atoms with E-state index in [0.29, 0.717) is 34.2 Å². The predicted octanol–water partition coefficient (Wildman–Crippen LogP) is 4.30. The van der Waals surface area contributed by atoms with Gasteiger partial charge in [-0.15, -0.1) is 5.10 Å². The molecule has 0 saturated heterocycles. The van der Waals surface area contributed by atoms with Crippen LogP contribution in [0.5, 0.6) is 0 Å². The summed E-state index contributed by atoms with van der Waals surface area (Å²) >= 11 is 1.48. The van der Waals surface area contributed by atoms with Gasteiger partial charge in [-0.2, -0.15) is 4.68 Å². The van der Waals surface area contributed by atoms with Gasteiger partial charge in [-0.3, -0.25) is 9.36 Å². The molecule has 2 heterocycles. The molecule has 0 atom stereocenters. The smallest absolute Gasteiger partial charge is 0.262 e. The Labute approximate surface area is 195 Å². The molecule has 0 aliphatic carbocycles. The molecule has 0 fully saturated rings. The van der Waals surface area contributed by atoms with Crippen molar-refractivity contribution in [3.8, 4) is 5.69 Å². The minimum atomic E-state index is -0.0150. The van der Waals surface area contributed by atoms with Crippen molar-refractivity contribution < 1.29 is 0 Å². The number of thioether (sulfide) groups is 1. The van der Waals surface area contributed by atoms with Gasteiger partial charge in [0, 0.05) is 6.54 Å². The molecule has 0 aliphatic rings. The van der Waals surface area contributed by atoms with Gasteiger partial charge >= 0.3 is 0 Å². The Morgan fingerprint density at radius 2 is 1.58 bits per heavy atom. The number of aryl methyl sites for hydroxylation is 1. The Balaban J connectivity index is 1.42. The van der Waals surface area contributed by atoms with Gasteiger partial charge in [0.05, 0.1) is 22.3 Å². The number of hydrogen-bond donors (Lipinski definition) is 0. The summed E-state index contributed by atoms with van der Waals surface area (Å²) in [6.45, 7) is 0.595. The van der Waals surface area contributed by atoms with Crippen LogP contribution in [0.1, 0.15) is 17.8 Å². The third kappa shape index (κ3) is 4.70. The summed E-state index contributed by atoms with van der Waals surface area (Å²) in [6, 6.07) is 27.6. The average Bonchev–Trinajstić information content (AvgIpc) is 3.34. The van der Waals surface area contributed by atoms with E-state index in [1.807, 2.05) is 72.8 Å². The van der Waals surface area contributed by atoms with E-state index in [9.17, 15) is 4.79 Å². The van der Waals surface area contributed by atoms with E-state index in [4.69, 9.17) is 4.98 Å². The Morgan fingerprint density at radius 1 is 0.848 bits per heavy atom. The molecule has 0 radical (unpaired) electrons. The molecule has 2 aromatic heterocycles. The number of benzene rings is 3. The van der Waals surface area contributed by atoms with Crippen molar-refractivity contribution in [3.63, 3.8) is 0 Å². The Kier molecular flexibility index (Phi) is 6.25. The van der Waals surface area contributed by atoms with Crippen LogP contribution >= 0.6 is 11.8 Å². The van der Waals surface area contributed by atoms with Crippen molar-refractivity contribution in [2.75, 3.05) is 0 Å². The molecule has 0 amide bonds. The van der Waals surface area contributed by atoms with Crippen LogP contribution < -0.4 is 5.56 Å². The Morgan fingerprint density at radius 3 is 2.39 bits per heavy atom. The van der Waals surface area contributed by atoms with Crippen molar-refractivity contribution in [1.29, 1.82) is 0 Å². The van der Waals surface area contributed by atoms with Gasteiger partial charge in [-0.25, -0.2) is 4.98 Å². The molecule has 0 N–H and O–H groups in total. The van der Waals surface area contributed by atoms with Crippen LogP contribution in [-0.2, 0) is 18.7 Å². The molecule has 164 valence electrons. The summed E-state index contributed by atoms with van der Waals surface area (Å²) < 4.78 is 3.50. The Bertz CT molecular complexity index is 1420. The van der Waals surface area contributed by atoms with Crippen molar-refractivity contribution >= 4 is 22.7 Å². The van der Waals surface area contributed by atoms with Gasteiger partial charge in [0.25, 0.3) is 5.56 Å². The van der Waals surface area contributed by atoms with Crippen LogP contribution in [0.25, 0.3) is 16.6 Å². The van der Waals surface area contributed by atoms with Crippen LogP contribution in [0.15, 0.2) is 94.9 Å². The first-order chi connectivity index (χ1) is 16.3. The number of hydrogen-bond acceptors (Lipinski definition) is 6. The molecule has 7 nitrogen and oxygen atoms in total. The van der Waals surface area contributed by atoms with Crippen molar-refractivity contribution in [3.05, 3.63) is 107 Å². The number of rotatable bonds is 8. The molecule has 0 aliphatic heterocycles. The van der Waals surface area contributed by atoms with Gasteiger partial charge in [-0.05, 0) is 53.1 Å². The molecule has 0 unspecified atom stereocenters. The third-order valence-corrected chi connectivity index (χ3v) is 6.35. The maximum atomic E-state index is 13.3. The third-order valence-electron chi connectivity index (χ3n) is 5.38. The lowest BCUT2D eigenvalue weighted by Crippen LogP contribution is -2.24. The maximum absolute atomic E-state index is 13.3. The zero-order chi connectivity index (χ0) is 22.5. The second-order valence-corrected chi connectivity index (χ2v) is 8.53. The van der Waals surface area contributed by atoms with E-state index < -0.39 is 0 Å². The summed E-state index contributed by atoms with van der Waals surface area (Å²) in [4.78, 5) is 18.1. The highest BCUT2D eigenvalue weighted by Crippen LogP contribution is 2.22. The van der Waals surface area contributed by atoms with Gasteiger partial charge in [-0.1, -0.05) is 72.4 Å². The molecule has 0 bridgehead atoms. The summed E-state index contributed by atoms with van der Waals surface area (Å²) in [7, 11) is 0. The highest BCUT2D eigenvalue weighted by molar-refractivity contribution is 7.98. The first kappa shape index (κ1) is 21.1. The average molecular weight is 455 g/mol. The summed E-state index contributed by atoms with van der Waals surface area (Å²) in [6.07, 6.45) is 1.75. The summed E-state index contributed by atoms with van der Waals surface area (Å²) in [5.74, 6) is 1.19. The number of aromatic nitrogens is 6. The van der Waals surface area contributed by atoms with E-state index in [1.165, 1.54) is 17.3 Å². The fraction of sp³-hybridized carbons (Fsp3) is 0.160. The predicted molar refractivity (Wildman–Crippen MR) is 129 cm³/mol. The zero-order valence-corrected chi connectivity index (χ0v) is 18.7. The summed E-state index contributed by atoms with van der Waals surface area (Å²) in [5.41, 5.74) is 2.84.